The van der Waals surface area contributed by atoms with Gasteiger partial charge in [-0.15, -0.1) is 0 Å². The van der Waals surface area contributed by atoms with Crippen LogP contribution in [-0.2, 0) is 0 Å². The molecule has 112 valence electrons. The number of rotatable bonds is 3. The second-order valence-electron chi connectivity index (χ2n) is 5.17. The first-order chi connectivity index (χ1) is 11.3. The predicted octanol–water partition coefficient (Wildman–Crippen LogP) is 5.02. The Morgan fingerprint density at radius 2 is 1.78 bits per heavy atom. The third kappa shape index (κ3) is 2.64. The lowest BCUT2D eigenvalue weighted by atomic mass is 10.1. The minimum absolute atomic E-state index is 0.689. The molecular weight excluding hydrogens is 308 g/mol. The van der Waals surface area contributed by atoms with Crippen LogP contribution in [0.2, 0.25) is 5.02 Å². The van der Waals surface area contributed by atoms with E-state index in [1.165, 1.54) is 0 Å². The number of pyridine rings is 1. The molecule has 0 aliphatic rings. The molecule has 0 saturated heterocycles. The fourth-order valence-corrected chi connectivity index (χ4v) is 2.72. The lowest BCUT2D eigenvalue weighted by molar-refractivity contribution is 1.12. The zero-order valence-corrected chi connectivity index (χ0v) is 12.9. The molecule has 0 atom stereocenters. The summed E-state index contributed by atoms with van der Waals surface area (Å²) < 4.78 is 0. The molecule has 2 N–H and O–H groups in total. The van der Waals surface area contributed by atoms with Crippen LogP contribution in [0, 0.1) is 0 Å². The molecule has 2 aromatic carbocycles. The van der Waals surface area contributed by atoms with E-state index in [4.69, 9.17) is 11.6 Å². The Labute approximate surface area is 138 Å². The van der Waals surface area contributed by atoms with Gasteiger partial charge in [0.15, 0.2) is 0 Å². The lowest BCUT2D eigenvalue weighted by Crippen LogP contribution is -1.90. The summed E-state index contributed by atoms with van der Waals surface area (Å²) in [5.74, 6) is 0. The van der Waals surface area contributed by atoms with Gasteiger partial charge in [0.2, 0.25) is 0 Å². The molecule has 0 bridgehead atoms. The van der Waals surface area contributed by atoms with E-state index in [1.54, 1.807) is 12.4 Å². The van der Waals surface area contributed by atoms with Crippen molar-refractivity contribution in [2.45, 2.75) is 0 Å². The molecule has 0 fully saturated rings. The largest absolute Gasteiger partial charge is 0.354 e. The Hall–Kier alpha value is -2.85. The molecule has 0 aliphatic carbocycles. The summed E-state index contributed by atoms with van der Waals surface area (Å²) in [6.07, 6.45) is 3.53. The fourth-order valence-electron chi connectivity index (χ4n) is 2.54. The summed E-state index contributed by atoms with van der Waals surface area (Å²) in [6, 6.07) is 17.6. The highest BCUT2D eigenvalue weighted by atomic mass is 35.5. The number of aromatic nitrogens is 3. The van der Waals surface area contributed by atoms with Crippen molar-refractivity contribution in [2.75, 3.05) is 5.32 Å². The van der Waals surface area contributed by atoms with Gasteiger partial charge in [0.25, 0.3) is 0 Å². The Kier molecular flexibility index (Phi) is 3.44. The van der Waals surface area contributed by atoms with Crippen molar-refractivity contribution in [1.29, 1.82) is 0 Å². The monoisotopic (exact) mass is 320 g/mol. The van der Waals surface area contributed by atoms with Crippen LogP contribution in [0.15, 0.2) is 67.0 Å². The molecule has 23 heavy (non-hydrogen) atoms. The van der Waals surface area contributed by atoms with Crippen LogP contribution in [0.5, 0.6) is 0 Å². The molecule has 0 spiro atoms. The molecule has 2 aromatic heterocycles. The van der Waals surface area contributed by atoms with Crippen molar-refractivity contribution >= 4 is 33.9 Å². The molecule has 0 amide bonds. The summed E-state index contributed by atoms with van der Waals surface area (Å²) in [5.41, 5.74) is 4.76. The maximum absolute atomic E-state index is 6.21. The zero-order valence-electron chi connectivity index (χ0n) is 12.1. The SMILES string of the molecule is Clc1ccccc1Nc1ccc2[nH]nc(-c3ccncc3)c2c1. The molecule has 0 radical (unpaired) electrons. The number of hydrogen-bond donors (Lipinski definition) is 2. The molecular formula is C18H13ClN4. The highest BCUT2D eigenvalue weighted by Crippen LogP contribution is 2.30. The van der Waals surface area contributed by atoms with Crippen molar-refractivity contribution in [3.63, 3.8) is 0 Å². The van der Waals surface area contributed by atoms with E-state index in [0.29, 0.717) is 5.02 Å². The van der Waals surface area contributed by atoms with Gasteiger partial charge in [0.05, 0.1) is 16.2 Å². The van der Waals surface area contributed by atoms with Gasteiger partial charge in [0.1, 0.15) is 5.69 Å². The standard InChI is InChI=1S/C18H13ClN4/c19-15-3-1-2-4-17(15)21-13-5-6-16-14(11-13)18(23-22-16)12-7-9-20-10-8-12/h1-11,21H,(H,22,23). The summed E-state index contributed by atoms with van der Waals surface area (Å²) in [7, 11) is 0. The van der Waals surface area contributed by atoms with Gasteiger partial charge in [-0.25, -0.2) is 0 Å². The Morgan fingerprint density at radius 3 is 2.61 bits per heavy atom. The summed E-state index contributed by atoms with van der Waals surface area (Å²) >= 11 is 6.21. The second kappa shape index (κ2) is 5.74. The van der Waals surface area contributed by atoms with E-state index in [-0.39, 0.29) is 0 Å². The van der Waals surface area contributed by atoms with E-state index in [9.17, 15) is 0 Å². The first kappa shape index (κ1) is 13.8. The van der Waals surface area contributed by atoms with Crippen LogP contribution in [0.1, 0.15) is 0 Å². The quantitative estimate of drug-likeness (QED) is 0.557. The van der Waals surface area contributed by atoms with Crippen molar-refractivity contribution in [3.8, 4) is 11.3 Å². The lowest BCUT2D eigenvalue weighted by Gasteiger charge is -2.08. The average molecular weight is 321 g/mol. The van der Waals surface area contributed by atoms with Crippen LogP contribution in [0.3, 0.4) is 0 Å². The molecule has 4 aromatic rings. The van der Waals surface area contributed by atoms with Gasteiger partial charge in [-0.3, -0.25) is 10.1 Å². The topological polar surface area (TPSA) is 53.6 Å². The van der Waals surface area contributed by atoms with E-state index >= 15 is 0 Å². The van der Waals surface area contributed by atoms with Crippen LogP contribution >= 0.6 is 11.6 Å². The third-order valence-corrected chi connectivity index (χ3v) is 4.00. The van der Waals surface area contributed by atoms with Crippen molar-refractivity contribution in [1.82, 2.24) is 15.2 Å². The van der Waals surface area contributed by atoms with Crippen molar-refractivity contribution in [3.05, 3.63) is 72.0 Å². The number of benzene rings is 2. The molecule has 4 rings (SSSR count). The Morgan fingerprint density at radius 1 is 0.957 bits per heavy atom. The van der Waals surface area contributed by atoms with Crippen LogP contribution < -0.4 is 5.32 Å². The summed E-state index contributed by atoms with van der Waals surface area (Å²) in [4.78, 5) is 4.05. The fraction of sp³-hybridized carbons (Fsp3) is 0. The number of nitrogens with one attached hydrogen (secondary N) is 2. The predicted molar refractivity (Wildman–Crippen MR) is 94.1 cm³/mol. The third-order valence-electron chi connectivity index (χ3n) is 3.67. The highest BCUT2D eigenvalue weighted by molar-refractivity contribution is 6.33. The van der Waals surface area contributed by atoms with Gasteiger partial charge in [-0.05, 0) is 42.5 Å². The van der Waals surface area contributed by atoms with Crippen molar-refractivity contribution in [2.24, 2.45) is 0 Å². The smallest absolute Gasteiger partial charge is 0.100 e. The maximum Gasteiger partial charge on any atom is 0.100 e. The zero-order chi connectivity index (χ0) is 15.6. The van der Waals surface area contributed by atoms with Gasteiger partial charge in [0, 0.05) is 29.0 Å². The average Bonchev–Trinajstić information content (AvgIpc) is 3.01. The molecule has 4 nitrogen and oxygen atoms in total. The molecule has 0 unspecified atom stereocenters. The minimum Gasteiger partial charge on any atom is -0.354 e. The van der Waals surface area contributed by atoms with Gasteiger partial charge in [-0.2, -0.15) is 5.10 Å². The molecule has 5 heteroatoms. The Bertz CT molecular complexity index is 963. The normalized spacial score (nSPS) is 10.8. The van der Waals surface area contributed by atoms with Gasteiger partial charge in [-0.1, -0.05) is 23.7 Å². The molecule has 2 heterocycles. The van der Waals surface area contributed by atoms with Crippen molar-refractivity contribution < 1.29 is 0 Å². The number of para-hydroxylation sites is 1. The number of anilines is 2. The first-order valence-electron chi connectivity index (χ1n) is 7.21. The number of hydrogen-bond acceptors (Lipinski definition) is 3. The molecule has 0 aliphatic heterocycles. The van der Waals surface area contributed by atoms with Crippen LogP contribution in [0.4, 0.5) is 11.4 Å². The number of H-pyrrole nitrogens is 1. The van der Waals surface area contributed by atoms with E-state index < -0.39 is 0 Å². The Balaban J connectivity index is 1.77. The second-order valence-corrected chi connectivity index (χ2v) is 5.58. The van der Waals surface area contributed by atoms with E-state index in [2.05, 4.69) is 26.6 Å². The van der Waals surface area contributed by atoms with Crippen LogP contribution in [-0.4, -0.2) is 15.2 Å². The number of fused-ring (bicyclic) bond motifs is 1. The van der Waals surface area contributed by atoms with Gasteiger partial charge >= 0.3 is 0 Å². The first-order valence-corrected chi connectivity index (χ1v) is 7.59. The summed E-state index contributed by atoms with van der Waals surface area (Å²) in [5, 5.41) is 12.6. The number of nitrogens with zero attached hydrogens (tertiary/aromatic N) is 2. The number of halogens is 1. The van der Waals surface area contributed by atoms with Gasteiger partial charge < -0.3 is 5.32 Å². The van der Waals surface area contributed by atoms with E-state index in [1.807, 2.05) is 48.5 Å². The summed E-state index contributed by atoms with van der Waals surface area (Å²) in [6.45, 7) is 0. The highest BCUT2D eigenvalue weighted by Gasteiger charge is 2.09. The maximum atomic E-state index is 6.21. The molecule has 0 saturated carbocycles. The number of aromatic amines is 1. The van der Waals surface area contributed by atoms with E-state index in [0.717, 1.165) is 33.5 Å². The van der Waals surface area contributed by atoms with Crippen LogP contribution in [0.25, 0.3) is 22.2 Å². The minimum atomic E-state index is 0.689.